The second-order valence-corrected chi connectivity index (χ2v) is 5.47. The number of fused-ring (bicyclic) bond motifs is 1. The molecule has 2 aromatic carbocycles. The lowest BCUT2D eigenvalue weighted by molar-refractivity contribution is 0.0598. The van der Waals surface area contributed by atoms with Crippen LogP contribution in [0.5, 0.6) is 0 Å². The fourth-order valence-electron chi connectivity index (χ4n) is 2.87. The van der Waals surface area contributed by atoms with E-state index in [9.17, 15) is 9.59 Å². The van der Waals surface area contributed by atoms with Crippen molar-refractivity contribution in [1.29, 1.82) is 0 Å². The maximum absolute atomic E-state index is 12.8. The molecular formula is C19H17NO3. The lowest BCUT2D eigenvalue weighted by atomic mass is 10.0. The van der Waals surface area contributed by atoms with E-state index in [0.29, 0.717) is 11.1 Å². The molecule has 0 saturated heterocycles. The number of aryl methyl sites for hydroxylation is 1. The number of methoxy groups -OCH3 is 1. The van der Waals surface area contributed by atoms with E-state index >= 15 is 0 Å². The highest BCUT2D eigenvalue weighted by atomic mass is 16.5. The van der Waals surface area contributed by atoms with Gasteiger partial charge in [-0.05, 0) is 38.1 Å². The number of para-hydroxylation sites is 1. The molecule has 0 amide bonds. The third-order valence-corrected chi connectivity index (χ3v) is 3.97. The summed E-state index contributed by atoms with van der Waals surface area (Å²) < 4.78 is 6.73. The quantitative estimate of drug-likeness (QED) is 0.682. The third kappa shape index (κ3) is 2.42. The average molecular weight is 307 g/mol. The van der Waals surface area contributed by atoms with E-state index in [1.165, 1.54) is 7.11 Å². The van der Waals surface area contributed by atoms with Crippen LogP contribution in [0.4, 0.5) is 0 Å². The number of carbonyl (C=O) groups is 1. The smallest absolute Gasteiger partial charge is 0.343 e. The topological polar surface area (TPSA) is 48.3 Å². The Morgan fingerprint density at radius 1 is 1.04 bits per heavy atom. The molecule has 0 atom stereocenters. The second kappa shape index (κ2) is 5.72. The number of aromatic nitrogens is 1. The summed E-state index contributed by atoms with van der Waals surface area (Å²) >= 11 is 0. The van der Waals surface area contributed by atoms with E-state index in [2.05, 4.69) is 0 Å². The van der Waals surface area contributed by atoms with Gasteiger partial charge >= 0.3 is 5.97 Å². The first-order valence-electron chi connectivity index (χ1n) is 7.34. The predicted molar refractivity (Wildman–Crippen MR) is 90.4 cm³/mol. The zero-order chi connectivity index (χ0) is 16.6. The van der Waals surface area contributed by atoms with Crippen molar-refractivity contribution in [3.8, 4) is 5.69 Å². The van der Waals surface area contributed by atoms with Crippen LogP contribution >= 0.6 is 0 Å². The highest BCUT2D eigenvalue weighted by Gasteiger charge is 2.21. The zero-order valence-electron chi connectivity index (χ0n) is 13.3. The number of ether oxygens (including phenoxy) is 1. The molecule has 23 heavy (non-hydrogen) atoms. The fraction of sp³-hybridized carbons (Fsp3) is 0.158. The third-order valence-electron chi connectivity index (χ3n) is 3.97. The molecule has 4 nitrogen and oxygen atoms in total. The molecule has 0 saturated carbocycles. The van der Waals surface area contributed by atoms with Crippen LogP contribution in [0.2, 0.25) is 0 Å². The van der Waals surface area contributed by atoms with Gasteiger partial charge in [0.1, 0.15) is 5.56 Å². The maximum Gasteiger partial charge on any atom is 0.343 e. The Labute approximate surface area is 133 Å². The molecule has 1 aromatic heterocycles. The van der Waals surface area contributed by atoms with Crippen molar-refractivity contribution < 1.29 is 9.53 Å². The van der Waals surface area contributed by atoms with E-state index < -0.39 is 5.97 Å². The van der Waals surface area contributed by atoms with Crippen LogP contribution in [0, 0.1) is 13.8 Å². The Kier molecular flexibility index (Phi) is 3.74. The minimum Gasteiger partial charge on any atom is -0.465 e. The lowest BCUT2D eigenvalue weighted by Crippen LogP contribution is -2.23. The van der Waals surface area contributed by atoms with Crippen molar-refractivity contribution >= 4 is 16.9 Å². The molecule has 0 unspecified atom stereocenters. The normalized spacial score (nSPS) is 10.7. The molecular weight excluding hydrogens is 290 g/mol. The van der Waals surface area contributed by atoms with Crippen molar-refractivity contribution in [3.63, 3.8) is 0 Å². The summed E-state index contributed by atoms with van der Waals surface area (Å²) in [4.78, 5) is 24.9. The molecule has 0 aliphatic rings. The number of pyridine rings is 1. The number of hydrogen-bond acceptors (Lipinski definition) is 3. The lowest BCUT2D eigenvalue weighted by Gasteiger charge is -2.17. The van der Waals surface area contributed by atoms with Gasteiger partial charge in [-0.1, -0.05) is 29.8 Å². The Morgan fingerprint density at radius 3 is 2.39 bits per heavy atom. The highest BCUT2D eigenvalue weighted by molar-refractivity contribution is 5.96. The summed E-state index contributed by atoms with van der Waals surface area (Å²) in [5, 5.41) is 0.514. The summed E-state index contributed by atoms with van der Waals surface area (Å²) in [7, 11) is 1.29. The standard InChI is InChI=1S/C19H17NO3/c1-12-9-10-16-15(11-12)18(21)17(19(22)23-3)13(2)20(16)14-7-5-4-6-8-14/h4-11H,1-3H3. The first-order chi connectivity index (χ1) is 11.0. The van der Waals surface area contributed by atoms with Crippen LogP contribution in [0.25, 0.3) is 16.6 Å². The molecule has 3 rings (SSSR count). The molecule has 4 heteroatoms. The molecule has 116 valence electrons. The summed E-state index contributed by atoms with van der Waals surface area (Å²) in [6.07, 6.45) is 0. The van der Waals surface area contributed by atoms with Crippen LogP contribution in [-0.2, 0) is 4.74 Å². The van der Waals surface area contributed by atoms with Gasteiger partial charge in [-0.15, -0.1) is 0 Å². The van der Waals surface area contributed by atoms with Gasteiger partial charge in [-0.3, -0.25) is 4.79 Å². The van der Waals surface area contributed by atoms with E-state index in [1.54, 1.807) is 6.92 Å². The number of esters is 1. The fourth-order valence-corrected chi connectivity index (χ4v) is 2.87. The number of rotatable bonds is 2. The van der Waals surface area contributed by atoms with Crippen molar-refractivity contribution in [1.82, 2.24) is 4.57 Å². The Bertz CT molecular complexity index is 956. The average Bonchev–Trinajstić information content (AvgIpc) is 2.56. The Balaban J connectivity index is 2.52. The summed E-state index contributed by atoms with van der Waals surface area (Å²) in [6.45, 7) is 3.68. The summed E-state index contributed by atoms with van der Waals surface area (Å²) in [6, 6.07) is 15.3. The van der Waals surface area contributed by atoms with Gasteiger partial charge in [0.15, 0.2) is 0 Å². The van der Waals surface area contributed by atoms with Crippen LogP contribution in [0.1, 0.15) is 21.6 Å². The van der Waals surface area contributed by atoms with E-state index in [-0.39, 0.29) is 11.0 Å². The maximum atomic E-state index is 12.8. The minimum atomic E-state index is -0.611. The van der Waals surface area contributed by atoms with E-state index in [1.807, 2.05) is 60.0 Å². The van der Waals surface area contributed by atoms with Gasteiger partial charge in [0, 0.05) is 16.8 Å². The molecule has 0 aliphatic heterocycles. The number of hydrogen-bond donors (Lipinski definition) is 0. The van der Waals surface area contributed by atoms with E-state index in [4.69, 9.17) is 4.74 Å². The monoisotopic (exact) mass is 307 g/mol. The van der Waals surface area contributed by atoms with Crippen LogP contribution < -0.4 is 5.43 Å². The van der Waals surface area contributed by atoms with Crippen molar-refractivity contribution in [2.24, 2.45) is 0 Å². The summed E-state index contributed by atoms with van der Waals surface area (Å²) in [5.74, 6) is -0.611. The Hall–Kier alpha value is -2.88. The minimum absolute atomic E-state index is 0.0782. The van der Waals surface area contributed by atoms with Gasteiger partial charge in [0.05, 0.1) is 12.6 Å². The molecule has 0 bridgehead atoms. The molecule has 0 radical (unpaired) electrons. The van der Waals surface area contributed by atoms with Crippen LogP contribution in [0.15, 0.2) is 53.3 Å². The first-order valence-corrected chi connectivity index (χ1v) is 7.34. The van der Waals surface area contributed by atoms with Gasteiger partial charge in [-0.25, -0.2) is 4.79 Å². The van der Waals surface area contributed by atoms with E-state index in [0.717, 1.165) is 16.8 Å². The zero-order valence-corrected chi connectivity index (χ0v) is 13.3. The van der Waals surface area contributed by atoms with Gasteiger partial charge in [-0.2, -0.15) is 0 Å². The van der Waals surface area contributed by atoms with Crippen molar-refractivity contribution in [2.45, 2.75) is 13.8 Å². The van der Waals surface area contributed by atoms with Gasteiger partial charge in [0.2, 0.25) is 5.43 Å². The highest BCUT2D eigenvalue weighted by Crippen LogP contribution is 2.22. The van der Waals surface area contributed by atoms with Crippen LogP contribution in [0.3, 0.4) is 0 Å². The van der Waals surface area contributed by atoms with Crippen molar-refractivity contribution in [3.05, 3.63) is 75.6 Å². The van der Waals surface area contributed by atoms with Gasteiger partial charge < -0.3 is 9.30 Å². The molecule has 3 aromatic rings. The molecule has 0 spiro atoms. The number of nitrogens with zero attached hydrogens (tertiary/aromatic N) is 1. The Morgan fingerprint density at radius 2 is 1.74 bits per heavy atom. The molecule has 1 heterocycles. The number of carbonyl (C=O) groups excluding carboxylic acids is 1. The van der Waals surface area contributed by atoms with Crippen LogP contribution in [-0.4, -0.2) is 17.6 Å². The van der Waals surface area contributed by atoms with Gasteiger partial charge in [0.25, 0.3) is 0 Å². The first kappa shape index (κ1) is 15.0. The second-order valence-electron chi connectivity index (χ2n) is 5.47. The number of benzene rings is 2. The SMILES string of the molecule is COC(=O)c1c(C)n(-c2ccccc2)c2ccc(C)cc2c1=O. The predicted octanol–water partition coefficient (Wildman–Crippen LogP) is 3.39. The summed E-state index contributed by atoms with van der Waals surface area (Å²) in [5.41, 5.74) is 2.99. The largest absolute Gasteiger partial charge is 0.465 e. The van der Waals surface area contributed by atoms with Crippen molar-refractivity contribution in [2.75, 3.05) is 7.11 Å². The molecule has 0 N–H and O–H groups in total. The molecule has 0 aliphatic carbocycles. The molecule has 0 fully saturated rings.